The Hall–Kier alpha value is -0.580. The molecule has 4 heteroatoms. The number of halogens is 1. The van der Waals surface area contributed by atoms with Gasteiger partial charge in [-0.25, -0.2) is 0 Å². The Kier molecular flexibility index (Phi) is 3.76. The third-order valence-corrected chi connectivity index (χ3v) is 4.52. The van der Waals surface area contributed by atoms with E-state index >= 15 is 0 Å². The van der Waals surface area contributed by atoms with Crippen molar-refractivity contribution in [3.63, 3.8) is 0 Å². The number of hydrogen-bond donors (Lipinski definition) is 1. The first-order chi connectivity index (χ1) is 8.10. The summed E-state index contributed by atoms with van der Waals surface area (Å²) < 4.78 is 7.13. The van der Waals surface area contributed by atoms with E-state index < -0.39 is 0 Å². The minimum Gasteiger partial charge on any atom is -0.488 e. The molecule has 0 fully saturated rings. The highest BCUT2D eigenvalue weighted by Gasteiger charge is 2.35. The number of ether oxygens (including phenoxy) is 1. The van der Waals surface area contributed by atoms with Crippen molar-refractivity contribution in [3.05, 3.63) is 27.2 Å². The van der Waals surface area contributed by atoms with Gasteiger partial charge in [0.2, 0.25) is 0 Å². The summed E-state index contributed by atoms with van der Waals surface area (Å²) in [5.74, 6) is 0.976. The summed E-state index contributed by atoms with van der Waals surface area (Å²) in [5.41, 5.74) is 6.68. The van der Waals surface area contributed by atoms with Crippen LogP contribution >= 0.6 is 15.9 Å². The molecule has 3 nitrogen and oxygen atoms in total. The van der Waals surface area contributed by atoms with Crippen molar-refractivity contribution in [2.45, 2.75) is 39.3 Å². The highest BCUT2D eigenvalue weighted by Crippen LogP contribution is 2.43. The highest BCUT2D eigenvalue weighted by atomic mass is 79.9. The smallest absolute Gasteiger partial charge is 0.125 e. The average molecular weight is 300 g/mol. The second-order valence-corrected chi connectivity index (χ2v) is 5.20. The molecular weight excluding hydrogens is 282 g/mol. The van der Waals surface area contributed by atoms with Gasteiger partial charge in [-0.1, -0.05) is 22.9 Å². The van der Waals surface area contributed by atoms with E-state index in [0.29, 0.717) is 0 Å². The monoisotopic (exact) mass is 299 g/mol. The van der Waals surface area contributed by atoms with Crippen LogP contribution in [-0.2, 0) is 4.84 Å². The van der Waals surface area contributed by atoms with Gasteiger partial charge in [0.05, 0.1) is 13.2 Å². The van der Waals surface area contributed by atoms with Gasteiger partial charge in [0.25, 0.3) is 0 Å². The van der Waals surface area contributed by atoms with Crippen molar-refractivity contribution < 1.29 is 9.57 Å². The van der Waals surface area contributed by atoms with Crippen molar-refractivity contribution in [1.82, 2.24) is 5.48 Å². The van der Waals surface area contributed by atoms with Crippen molar-refractivity contribution in [2.75, 3.05) is 7.11 Å². The van der Waals surface area contributed by atoms with Crippen LogP contribution in [0.4, 0.5) is 0 Å². The normalized spacial score (nSPS) is 22.4. The zero-order valence-electron chi connectivity index (χ0n) is 10.6. The van der Waals surface area contributed by atoms with Gasteiger partial charge in [-0.2, -0.15) is 5.48 Å². The van der Waals surface area contributed by atoms with Crippen LogP contribution in [0.1, 0.15) is 36.1 Å². The fourth-order valence-corrected chi connectivity index (χ4v) is 2.75. The number of benzene rings is 1. The summed E-state index contributed by atoms with van der Waals surface area (Å²) in [6.45, 7) is 6.32. The lowest BCUT2D eigenvalue weighted by Crippen LogP contribution is -2.30. The van der Waals surface area contributed by atoms with E-state index in [2.05, 4.69) is 48.2 Å². The van der Waals surface area contributed by atoms with Gasteiger partial charge in [0.15, 0.2) is 0 Å². The Morgan fingerprint density at radius 3 is 2.76 bits per heavy atom. The lowest BCUT2D eigenvalue weighted by atomic mass is 9.97. The Labute approximate surface area is 111 Å². The maximum Gasteiger partial charge on any atom is 0.125 e. The van der Waals surface area contributed by atoms with Crippen LogP contribution < -0.4 is 10.2 Å². The van der Waals surface area contributed by atoms with Crippen LogP contribution in [0.5, 0.6) is 5.75 Å². The minimum absolute atomic E-state index is 0.108. The molecule has 0 aliphatic carbocycles. The Morgan fingerprint density at radius 1 is 1.47 bits per heavy atom. The molecule has 0 saturated carbocycles. The summed E-state index contributed by atoms with van der Waals surface area (Å²) in [6.07, 6.45) is 1.09. The molecule has 1 aromatic rings. The number of aryl methyl sites for hydroxylation is 1. The lowest BCUT2D eigenvalue weighted by Gasteiger charge is -2.18. The molecule has 17 heavy (non-hydrogen) atoms. The van der Waals surface area contributed by atoms with E-state index in [1.165, 1.54) is 16.7 Å². The molecule has 1 aliphatic heterocycles. The van der Waals surface area contributed by atoms with E-state index in [0.717, 1.165) is 16.6 Å². The zero-order valence-corrected chi connectivity index (χ0v) is 12.2. The summed E-state index contributed by atoms with van der Waals surface area (Å²) in [6, 6.07) is 2.20. The fraction of sp³-hybridized carbons (Fsp3) is 0.538. The van der Waals surface area contributed by atoms with Crippen LogP contribution in [0.2, 0.25) is 0 Å². The Balaban J connectivity index is 2.50. The molecule has 0 spiro atoms. The Morgan fingerprint density at radius 2 is 2.18 bits per heavy atom. The van der Waals surface area contributed by atoms with Gasteiger partial charge in [-0.05, 0) is 37.5 Å². The van der Waals surface area contributed by atoms with Crippen LogP contribution in [0.3, 0.4) is 0 Å². The van der Waals surface area contributed by atoms with Crippen molar-refractivity contribution in [2.24, 2.45) is 0 Å². The predicted molar refractivity (Wildman–Crippen MR) is 71.2 cm³/mol. The molecule has 1 heterocycles. The largest absolute Gasteiger partial charge is 0.488 e. The highest BCUT2D eigenvalue weighted by molar-refractivity contribution is 9.10. The third-order valence-electron chi connectivity index (χ3n) is 3.30. The third kappa shape index (κ3) is 2.09. The van der Waals surface area contributed by atoms with Gasteiger partial charge in [0.1, 0.15) is 11.9 Å². The Bertz CT molecular complexity index is 434. The van der Waals surface area contributed by atoms with Crippen LogP contribution in [-0.4, -0.2) is 13.2 Å². The molecule has 1 N–H and O–H groups in total. The van der Waals surface area contributed by atoms with Gasteiger partial charge < -0.3 is 9.57 Å². The van der Waals surface area contributed by atoms with Crippen LogP contribution in [0.25, 0.3) is 0 Å². The molecule has 94 valence electrons. The van der Waals surface area contributed by atoms with Crippen molar-refractivity contribution in [1.29, 1.82) is 0 Å². The minimum atomic E-state index is 0.108. The van der Waals surface area contributed by atoms with E-state index in [1.54, 1.807) is 7.11 Å². The van der Waals surface area contributed by atoms with Crippen molar-refractivity contribution in [3.8, 4) is 5.75 Å². The molecule has 1 aliphatic rings. The fourth-order valence-electron chi connectivity index (χ4n) is 2.42. The quantitative estimate of drug-likeness (QED) is 0.868. The number of rotatable bonds is 3. The lowest BCUT2D eigenvalue weighted by molar-refractivity contribution is 0.0282. The second kappa shape index (κ2) is 4.96. The molecule has 0 aromatic heterocycles. The number of hydroxylamine groups is 1. The molecule has 2 rings (SSSR count). The SMILES string of the molecule is CCC1Oc2cc(C)c(Br)c(C)c2C1NOC. The standard InChI is InChI=1S/C13H18BrNO2/c1-5-9-13(15-16-4)11-8(3)12(14)7(2)6-10(11)17-9/h6,9,13,15H,5H2,1-4H3. The predicted octanol–water partition coefficient (Wildman–Crippen LogP) is 3.43. The number of fused-ring (bicyclic) bond motifs is 1. The van der Waals surface area contributed by atoms with E-state index in [4.69, 9.17) is 9.57 Å². The zero-order chi connectivity index (χ0) is 12.6. The van der Waals surface area contributed by atoms with E-state index in [9.17, 15) is 0 Å². The first-order valence-electron chi connectivity index (χ1n) is 5.84. The molecular formula is C13H18BrNO2. The molecule has 0 amide bonds. The number of hydrogen-bond acceptors (Lipinski definition) is 3. The second-order valence-electron chi connectivity index (χ2n) is 4.41. The topological polar surface area (TPSA) is 30.5 Å². The van der Waals surface area contributed by atoms with Crippen LogP contribution in [0, 0.1) is 13.8 Å². The van der Waals surface area contributed by atoms with Gasteiger partial charge >= 0.3 is 0 Å². The van der Waals surface area contributed by atoms with Crippen molar-refractivity contribution >= 4 is 15.9 Å². The molecule has 0 radical (unpaired) electrons. The van der Waals surface area contributed by atoms with E-state index in [1.807, 2.05) is 0 Å². The average Bonchev–Trinajstić information content (AvgIpc) is 2.65. The van der Waals surface area contributed by atoms with Crippen LogP contribution in [0.15, 0.2) is 10.5 Å². The summed E-state index contributed by atoms with van der Waals surface area (Å²) in [5, 5.41) is 0. The molecule has 1 aromatic carbocycles. The molecule has 0 bridgehead atoms. The molecule has 2 atom stereocenters. The van der Waals surface area contributed by atoms with E-state index in [-0.39, 0.29) is 12.1 Å². The summed E-state index contributed by atoms with van der Waals surface area (Å²) in [4.78, 5) is 5.09. The maximum atomic E-state index is 5.97. The summed E-state index contributed by atoms with van der Waals surface area (Å²) in [7, 11) is 1.64. The summed E-state index contributed by atoms with van der Waals surface area (Å²) >= 11 is 3.63. The molecule has 0 saturated heterocycles. The van der Waals surface area contributed by atoms with Gasteiger partial charge in [-0.3, -0.25) is 0 Å². The van der Waals surface area contributed by atoms with Gasteiger partial charge in [-0.15, -0.1) is 0 Å². The molecule has 2 unspecified atom stereocenters. The maximum absolute atomic E-state index is 5.97. The van der Waals surface area contributed by atoms with Gasteiger partial charge in [0, 0.05) is 10.0 Å². The first kappa shape index (κ1) is 12.9. The number of nitrogens with one attached hydrogen (secondary N) is 1. The first-order valence-corrected chi connectivity index (χ1v) is 6.64.